The molecule has 0 saturated heterocycles. The number of hydrogen-bond acceptors (Lipinski definition) is 5. The number of amides is 1. The number of thiazole rings is 1. The standard InChI is InChI=1S/C17H28N2O4S/c1-12(2)6-5-7-13(3)18-15(20)10-23-16(21)8-9-19-14(4)11-24-17(19)22/h11-13H,5-10H2,1-4H3,(H,18,20). The monoisotopic (exact) mass is 356 g/mol. The van der Waals surface area contributed by atoms with Gasteiger partial charge in [0, 0.05) is 23.7 Å². The Labute approximate surface area is 147 Å². The fourth-order valence-corrected chi connectivity index (χ4v) is 3.08. The number of ether oxygens (including phenoxy) is 1. The van der Waals surface area contributed by atoms with E-state index in [1.807, 2.05) is 13.8 Å². The Morgan fingerprint density at radius 3 is 2.58 bits per heavy atom. The lowest BCUT2D eigenvalue weighted by atomic mass is 10.0. The molecule has 0 spiro atoms. The topological polar surface area (TPSA) is 77.4 Å². The highest BCUT2D eigenvalue weighted by Gasteiger charge is 2.12. The van der Waals surface area contributed by atoms with Crippen molar-refractivity contribution in [2.75, 3.05) is 6.61 Å². The Morgan fingerprint density at radius 1 is 1.29 bits per heavy atom. The zero-order valence-electron chi connectivity index (χ0n) is 15.0. The van der Waals surface area contributed by atoms with E-state index in [9.17, 15) is 14.4 Å². The van der Waals surface area contributed by atoms with Gasteiger partial charge in [-0.3, -0.25) is 14.4 Å². The van der Waals surface area contributed by atoms with E-state index in [0.717, 1.165) is 36.3 Å². The summed E-state index contributed by atoms with van der Waals surface area (Å²) in [5.74, 6) is -0.104. The molecule has 1 heterocycles. The molecular weight excluding hydrogens is 328 g/mol. The minimum Gasteiger partial charge on any atom is -0.456 e. The van der Waals surface area contributed by atoms with Crippen molar-refractivity contribution in [3.05, 3.63) is 20.7 Å². The van der Waals surface area contributed by atoms with Crippen LogP contribution >= 0.6 is 11.3 Å². The smallest absolute Gasteiger partial charge is 0.308 e. The van der Waals surface area contributed by atoms with Gasteiger partial charge in [0.1, 0.15) is 0 Å². The van der Waals surface area contributed by atoms with Crippen LogP contribution in [0.25, 0.3) is 0 Å². The molecule has 0 aliphatic carbocycles. The highest BCUT2D eigenvalue weighted by atomic mass is 32.1. The summed E-state index contributed by atoms with van der Waals surface area (Å²) in [5.41, 5.74) is 0.825. The Balaban J connectivity index is 2.21. The average molecular weight is 356 g/mol. The van der Waals surface area contributed by atoms with E-state index in [4.69, 9.17) is 4.74 Å². The van der Waals surface area contributed by atoms with Gasteiger partial charge in [0.15, 0.2) is 6.61 Å². The highest BCUT2D eigenvalue weighted by Crippen LogP contribution is 2.08. The molecule has 1 N–H and O–H groups in total. The zero-order chi connectivity index (χ0) is 18.1. The maximum absolute atomic E-state index is 11.8. The summed E-state index contributed by atoms with van der Waals surface area (Å²) >= 11 is 1.11. The van der Waals surface area contributed by atoms with Crippen molar-refractivity contribution in [1.29, 1.82) is 0 Å². The third kappa shape index (κ3) is 7.77. The van der Waals surface area contributed by atoms with E-state index >= 15 is 0 Å². The van der Waals surface area contributed by atoms with Gasteiger partial charge in [-0.15, -0.1) is 0 Å². The maximum Gasteiger partial charge on any atom is 0.308 e. The second-order valence-electron chi connectivity index (χ2n) is 6.50. The summed E-state index contributed by atoms with van der Waals surface area (Å²) in [5, 5.41) is 4.58. The Hall–Kier alpha value is -1.63. The summed E-state index contributed by atoms with van der Waals surface area (Å²) in [6.45, 7) is 8.12. The number of carbonyl (C=O) groups excluding carboxylic acids is 2. The molecule has 7 heteroatoms. The molecule has 1 amide bonds. The molecule has 1 aromatic heterocycles. The number of esters is 1. The predicted molar refractivity (Wildman–Crippen MR) is 95.2 cm³/mol. The molecule has 1 unspecified atom stereocenters. The molecule has 0 aliphatic heterocycles. The molecule has 6 nitrogen and oxygen atoms in total. The number of hydrogen-bond donors (Lipinski definition) is 1. The van der Waals surface area contributed by atoms with Gasteiger partial charge in [0.05, 0.1) is 6.42 Å². The third-order valence-electron chi connectivity index (χ3n) is 3.71. The van der Waals surface area contributed by atoms with Crippen LogP contribution < -0.4 is 10.2 Å². The van der Waals surface area contributed by atoms with Crippen LogP contribution in [0.1, 0.15) is 52.1 Å². The number of nitrogens with zero attached hydrogens (tertiary/aromatic N) is 1. The van der Waals surface area contributed by atoms with E-state index in [1.165, 1.54) is 4.57 Å². The van der Waals surface area contributed by atoms with Gasteiger partial charge in [-0.2, -0.15) is 0 Å². The van der Waals surface area contributed by atoms with Crippen molar-refractivity contribution >= 4 is 23.2 Å². The van der Waals surface area contributed by atoms with E-state index in [2.05, 4.69) is 19.2 Å². The molecule has 136 valence electrons. The molecule has 0 aromatic carbocycles. The van der Waals surface area contributed by atoms with Gasteiger partial charge >= 0.3 is 10.8 Å². The van der Waals surface area contributed by atoms with Gasteiger partial charge < -0.3 is 14.6 Å². The lowest BCUT2D eigenvalue weighted by Gasteiger charge is -2.14. The van der Waals surface area contributed by atoms with Gasteiger partial charge in [0.25, 0.3) is 5.91 Å². The average Bonchev–Trinajstić information content (AvgIpc) is 2.81. The van der Waals surface area contributed by atoms with Crippen molar-refractivity contribution in [1.82, 2.24) is 9.88 Å². The first-order valence-electron chi connectivity index (χ1n) is 8.39. The lowest BCUT2D eigenvalue weighted by Crippen LogP contribution is -2.36. The van der Waals surface area contributed by atoms with E-state index in [0.29, 0.717) is 5.92 Å². The molecule has 0 fully saturated rings. The van der Waals surface area contributed by atoms with Crippen molar-refractivity contribution in [3.8, 4) is 0 Å². The summed E-state index contributed by atoms with van der Waals surface area (Å²) in [7, 11) is 0. The van der Waals surface area contributed by atoms with Crippen LogP contribution in [0.3, 0.4) is 0 Å². The van der Waals surface area contributed by atoms with Crippen LogP contribution in [-0.4, -0.2) is 29.1 Å². The van der Waals surface area contributed by atoms with Crippen molar-refractivity contribution < 1.29 is 14.3 Å². The number of rotatable bonds is 10. The van der Waals surface area contributed by atoms with Crippen molar-refractivity contribution in [2.45, 2.75) is 66.0 Å². The molecule has 0 radical (unpaired) electrons. The van der Waals surface area contributed by atoms with Crippen LogP contribution in [0, 0.1) is 12.8 Å². The Kier molecular flexibility index (Phi) is 8.74. The molecular formula is C17H28N2O4S. The first-order valence-corrected chi connectivity index (χ1v) is 9.27. The normalized spacial score (nSPS) is 12.2. The molecule has 24 heavy (non-hydrogen) atoms. The number of aryl methyl sites for hydroxylation is 1. The molecule has 1 atom stereocenters. The highest BCUT2D eigenvalue weighted by molar-refractivity contribution is 7.07. The second-order valence-corrected chi connectivity index (χ2v) is 7.32. The number of aromatic nitrogens is 1. The zero-order valence-corrected chi connectivity index (χ0v) is 15.8. The molecule has 0 saturated carbocycles. The van der Waals surface area contributed by atoms with Crippen LogP contribution in [-0.2, 0) is 20.9 Å². The molecule has 1 rings (SSSR count). The van der Waals surface area contributed by atoms with Crippen LogP contribution in [0.15, 0.2) is 10.2 Å². The minimum absolute atomic E-state index is 0.0713. The molecule has 1 aromatic rings. The molecule has 0 aliphatic rings. The van der Waals surface area contributed by atoms with Gasteiger partial charge in [-0.1, -0.05) is 38.0 Å². The quantitative estimate of drug-likeness (QED) is 0.653. The van der Waals surface area contributed by atoms with E-state index < -0.39 is 5.97 Å². The summed E-state index contributed by atoms with van der Waals surface area (Å²) < 4.78 is 6.49. The van der Waals surface area contributed by atoms with Crippen LogP contribution in [0.4, 0.5) is 0 Å². The number of nitrogens with one attached hydrogen (secondary N) is 1. The fourth-order valence-electron chi connectivity index (χ4n) is 2.32. The maximum atomic E-state index is 11.8. The van der Waals surface area contributed by atoms with Gasteiger partial charge in [0.2, 0.25) is 0 Å². The van der Waals surface area contributed by atoms with E-state index in [-0.39, 0.29) is 36.4 Å². The second kappa shape index (κ2) is 10.3. The SMILES string of the molecule is Cc1csc(=O)n1CCC(=O)OCC(=O)NC(C)CCCC(C)C. The van der Waals surface area contributed by atoms with Crippen molar-refractivity contribution in [2.24, 2.45) is 5.92 Å². The summed E-state index contributed by atoms with van der Waals surface area (Å²) in [6.07, 6.45) is 3.19. The summed E-state index contributed by atoms with van der Waals surface area (Å²) in [6, 6.07) is 0.0713. The Morgan fingerprint density at radius 2 is 2.00 bits per heavy atom. The van der Waals surface area contributed by atoms with Crippen LogP contribution in [0.2, 0.25) is 0 Å². The Bertz CT molecular complexity index is 592. The van der Waals surface area contributed by atoms with Crippen LogP contribution in [0.5, 0.6) is 0 Å². The minimum atomic E-state index is -0.477. The van der Waals surface area contributed by atoms with Gasteiger partial charge in [-0.05, 0) is 26.2 Å². The lowest BCUT2D eigenvalue weighted by molar-refractivity contribution is -0.148. The largest absolute Gasteiger partial charge is 0.456 e. The first kappa shape index (κ1) is 20.4. The summed E-state index contributed by atoms with van der Waals surface area (Å²) in [4.78, 5) is 34.9. The van der Waals surface area contributed by atoms with E-state index in [1.54, 1.807) is 5.38 Å². The van der Waals surface area contributed by atoms with Gasteiger partial charge in [-0.25, -0.2) is 0 Å². The number of carbonyl (C=O) groups is 2. The third-order valence-corrected chi connectivity index (χ3v) is 4.59. The fraction of sp³-hybridized carbons (Fsp3) is 0.706. The van der Waals surface area contributed by atoms with Crippen molar-refractivity contribution in [3.63, 3.8) is 0 Å². The first-order chi connectivity index (χ1) is 11.3. The predicted octanol–water partition coefficient (Wildman–Crippen LogP) is 2.48. The molecule has 0 bridgehead atoms.